The summed E-state index contributed by atoms with van der Waals surface area (Å²) in [6, 6.07) is 0. The highest BCUT2D eigenvalue weighted by atomic mass is 28.3. The van der Waals surface area contributed by atoms with Crippen molar-refractivity contribution in [2.24, 2.45) is 11.3 Å². The van der Waals surface area contributed by atoms with E-state index in [0.29, 0.717) is 11.8 Å². The first-order chi connectivity index (χ1) is 11.9. The number of carbonyl (C=O) groups excluding carboxylic acids is 2. The van der Waals surface area contributed by atoms with Crippen LogP contribution >= 0.6 is 0 Å². The standard InChI is InChI=1S/C21H39O4Si/c1-16(10-9-11-17(2)14-21(4,5)6)12-13-20(25-18(3)22)19(23)15-24-26(7)8/h12,17,20H,9-11,13-15H2,1-8H3/t17-,20?/m0/s1. The Morgan fingerprint density at radius 3 is 2.27 bits per heavy atom. The van der Waals surface area contributed by atoms with Crippen LogP contribution in [0.1, 0.15) is 73.6 Å². The number of Topliss-reactive ketones (excluding diaryl/α,β-unsaturated/α-hetero) is 1. The van der Waals surface area contributed by atoms with Crippen molar-refractivity contribution in [2.45, 2.75) is 92.8 Å². The van der Waals surface area contributed by atoms with Crippen LogP contribution in [0.5, 0.6) is 0 Å². The van der Waals surface area contributed by atoms with Crippen molar-refractivity contribution < 1.29 is 18.8 Å². The Hall–Kier alpha value is -0.943. The third-order valence-corrected chi connectivity index (χ3v) is 4.80. The fourth-order valence-electron chi connectivity index (χ4n) is 3.04. The van der Waals surface area contributed by atoms with Crippen LogP contribution < -0.4 is 0 Å². The third-order valence-electron chi connectivity index (χ3n) is 4.08. The van der Waals surface area contributed by atoms with Crippen LogP contribution in [0, 0.1) is 11.3 Å². The van der Waals surface area contributed by atoms with Gasteiger partial charge in [0, 0.05) is 13.3 Å². The maximum atomic E-state index is 12.2. The first-order valence-corrected chi connectivity index (χ1v) is 12.1. The highest BCUT2D eigenvalue weighted by molar-refractivity contribution is 6.48. The summed E-state index contributed by atoms with van der Waals surface area (Å²) in [6.07, 6.45) is 6.33. The Morgan fingerprint density at radius 2 is 1.77 bits per heavy atom. The lowest BCUT2D eigenvalue weighted by Gasteiger charge is -2.23. The van der Waals surface area contributed by atoms with Crippen molar-refractivity contribution in [1.82, 2.24) is 0 Å². The number of esters is 1. The van der Waals surface area contributed by atoms with Crippen LogP contribution in [-0.2, 0) is 18.8 Å². The van der Waals surface area contributed by atoms with Gasteiger partial charge in [-0.15, -0.1) is 0 Å². The lowest BCUT2D eigenvalue weighted by atomic mass is 9.83. The van der Waals surface area contributed by atoms with Gasteiger partial charge in [0.2, 0.25) is 9.04 Å². The van der Waals surface area contributed by atoms with E-state index >= 15 is 0 Å². The average Bonchev–Trinajstić information content (AvgIpc) is 2.46. The molecule has 0 saturated carbocycles. The molecule has 0 bridgehead atoms. The van der Waals surface area contributed by atoms with Gasteiger partial charge in [0.25, 0.3) is 0 Å². The van der Waals surface area contributed by atoms with Crippen molar-refractivity contribution in [2.75, 3.05) is 6.61 Å². The molecule has 1 unspecified atom stereocenters. The number of hydrogen-bond donors (Lipinski definition) is 0. The number of rotatable bonds is 12. The second-order valence-corrected chi connectivity index (χ2v) is 10.9. The molecule has 0 amide bonds. The largest absolute Gasteiger partial charge is 0.454 e. The summed E-state index contributed by atoms with van der Waals surface area (Å²) >= 11 is 0. The van der Waals surface area contributed by atoms with Gasteiger partial charge in [-0.05, 0) is 50.6 Å². The van der Waals surface area contributed by atoms with Crippen LogP contribution in [-0.4, -0.2) is 33.5 Å². The van der Waals surface area contributed by atoms with Crippen molar-refractivity contribution in [3.05, 3.63) is 11.6 Å². The molecule has 0 fully saturated rings. The van der Waals surface area contributed by atoms with Gasteiger partial charge in [0.15, 0.2) is 11.9 Å². The number of allylic oxidation sites excluding steroid dienone is 1. The van der Waals surface area contributed by atoms with E-state index in [2.05, 4.69) is 34.6 Å². The average molecular weight is 384 g/mol. The van der Waals surface area contributed by atoms with Gasteiger partial charge in [0.1, 0.15) is 0 Å². The van der Waals surface area contributed by atoms with Gasteiger partial charge in [-0.25, -0.2) is 0 Å². The first-order valence-electron chi connectivity index (χ1n) is 9.69. The molecule has 0 N–H and O–H groups in total. The highest BCUT2D eigenvalue weighted by Gasteiger charge is 2.21. The highest BCUT2D eigenvalue weighted by Crippen LogP contribution is 2.27. The van der Waals surface area contributed by atoms with Crippen LogP contribution in [0.2, 0.25) is 13.1 Å². The Labute approximate surface area is 162 Å². The molecule has 0 aliphatic rings. The number of ketones is 1. The van der Waals surface area contributed by atoms with Crippen molar-refractivity contribution in [3.63, 3.8) is 0 Å². The minimum atomic E-state index is -0.931. The molecule has 26 heavy (non-hydrogen) atoms. The normalized spacial score (nSPS) is 15.0. The van der Waals surface area contributed by atoms with E-state index in [-0.39, 0.29) is 12.4 Å². The number of carbonyl (C=O) groups is 2. The topological polar surface area (TPSA) is 52.6 Å². The Balaban J connectivity index is 4.44. The molecule has 0 aromatic heterocycles. The van der Waals surface area contributed by atoms with Crippen molar-refractivity contribution in [1.29, 1.82) is 0 Å². The van der Waals surface area contributed by atoms with E-state index in [4.69, 9.17) is 9.16 Å². The monoisotopic (exact) mass is 383 g/mol. The molecule has 0 heterocycles. The summed E-state index contributed by atoms with van der Waals surface area (Å²) in [4.78, 5) is 23.5. The molecule has 5 heteroatoms. The van der Waals surface area contributed by atoms with Gasteiger partial charge >= 0.3 is 5.97 Å². The van der Waals surface area contributed by atoms with E-state index in [9.17, 15) is 9.59 Å². The summed E-state index contributed by atoms with van der Waals surface area (Å²) in [5.74, 6) is 0.132. The molecule has 0 spiro atoms. The number of hydrogen-bond acceptors (Lipinski definition) is 4. The molecule has 151 valence electrons. The van der Waals surface area contributed by atoms with Gasteiger partial charge < -0.3 is 9.16 Å². The summed E-state index contributed by atoms with van der Waals surface area (Å²) in [5, 5.41) is 0. The summed E-state index contributed by atoms with van der Waals surface area (Å²) < 4.78 is 10.6. The predicted molar refractivity (Wildman–Crippen MR) is 109 cm³/mol. The molecule has 0 rings (SSSR count). The van der Waals surface area contributed by atoms with Crippen LogP contribution in [0.25, 0.3) is 0 Å². The zero-order chi connectivity index (χ0) is 20.3. The molecular weight excluding hydrogens is 344 g/mol. The van der Waals surface area contributed by atoms with E-state index in [1.807, 2.05) is 19.2 Å². The lowest BCUT2D eigenvalue weighted by Crippen LogP contribution is -2.31. The molecule has 0 aliphatic carbocycles. The molecule has 0 saturated heterocycles. The van der Waals surface area contributed by atoms with Gasteiger partial charge in [-0.1, -0.05) is 45.8 Å². The molecule has 0 aromatic carbocycles. The maximum absolute atomic E-state index is 12.2. The van der Waals surface area contributed by atoms with Crippen molar-refractivity contribution >= 4 is 20.8 Å². The van der Waals surface area contributed by atoms with Crippen LogP contribution in [0.15, 0.2) is 11.6 Å². The predicted octanol–water partition coefficient (Wildman–Crippen LogP) is 5.33. The molecule has 0 aliphatic heterocycles. The zero-order valence-corrected chi connectivity index (χ0v) is 19.1. The Morgan fingerprint density at radius 1 is 1.15 bits per heavy atom. The molecule has 0 aromatic rings. The Bertz CT molecular complexity index is 463. The third kappa shape index (κ3) is 14.2. The Kier molecular flexibility index (Phi) is 12.0. The maximum Gasteiger partial charge on any atom is 0.303 e. The molecule has 4 nitrogen and oxygen atoms in total. The zero-order valence-electron chi connectivity index (χ0n) is 18.1. The minimum absolute atomic E-state index is 0.0243. The lowest BCUT2D eigenvalue weighted by molar-refractivity contribution is -0.153. The van der Waals surface area contributed by atoms with Crippen LogP contribution in [0.4, 0.5) is 0 Å². The van der Waals surface area contributed by atoms with E-state index in [1.165, 1.54) is 25.3 Å². The van der Waals surface area contributed by atoms with E-state index < -0.39 is 21.1 Å². The molecule has 1 radical (unpaired) electrons. The fraction of sp³-hybridized carbons (Fsp3) is 0.810. The molecule has 2 atom stereocenters. The van der Waals surface area contributed by atoms with Crippen molar-refractivity contribution in [3.8, 4) is 0 Å². The van der Waals surface area contributed by atoms with E-state index in [1.54, 1.807) is 0 Å². The first kappa shape index (κ1) is 25.1. The van der Waals surface area contributed by atoms with Gasteiger partial charge in [0.05, 0.1) is 6.61 Å². The minimum Gasteiger partial charge on any atom is -0.454 e. The van der Waals surface area contributed by atoms with E-state index in [0.717, 1.165) is 18.8 Å². The quantitative estimate of drug-likeness (QED) is 0.259. The second-order valence-electron chi connectivity index (χ2n) is 8.81. The molecular formula is C21H39O4Si. The summed E-state index contributed by atoms with van der Waals surface area (Å²) in [7, 11) is -0.931. The number of ether oxygens (including phenoxy) is 1. The summed E-state index contributed by atoms with van der Waals surface area (Å²) in [6.45, 7) is 16.6. The smallest absolute Gasteiger partial charge is 0.303 e. The summed E-state index contributed by atoms with van der Waals surface area (Å²) in [5.41, 5.74) is 1.62. The van der Waals surface area contributed by atoms with Gasteiger partial charge in [-0.2, -0.15) is 0 Å². The van der Waals surface area contributed by atoms with Gasteiger partial charge in [-0.3, -0.25) is 9.59 Å². The SMILES string of the molecule is CC(=O)OC(CC=C(C)CCC[C@H](C)CC(C)(C)C)C(=O)CO[Si](C)C. The second kappa shape index (κ2) is 12.4. The van der Waals surface area contributed by atoms with Crippen LogP contribution in [0.3, 0.4) is 0 Å². The fourth-order valence-corrected chi connectivity index (χ4v) is 3.47.